The van der Waals surface area contributed by atoms with E-state index in [0.29, 0.717) is 25.1 Å². The van der Waals surface area contributed by atoms with Crippen molar-refractivity contribution in [2.45, 2.75) is 24.7 Å². The standard InChI is InChI=1S/C20H21N3O3S2/c1-14-21-18-10-9-16(12-19(18)27-14)22-20(24)15-6-5-11-23(13-15)28(25,26)17-7-3-2-4-8-17/h2-4,7-10,12,15H,5-6,11,13H2,1H3,(H,22,24). The molecule has 1 saturated heterocycles. The van der Waals surface area contributed by atoms with Crippen molar-refractivity contribution in [2.24, 2.45) is 5.92 Å². The normalized spacial score (nSPS) is 18.2. The number of rotatable bonds is 4. The van der Waals surface area contributed by atoms with E-state index in [4.69, 9.17) is 0 Å². The lowest BCUT2D eigenvalue weighted by Crippen LogP contribution is -2.43. The van der Waals surface area contributed by atoms with Gasteiger partial charge in [0.05, 0.1) is 26.0 Å². The topological polar surface area (TPSA) is 79.4 Å². The summed E-state index contributed by atoms with van der Waals surface area (Å²) in [6.45, 7) is 2.59. The Labute approximate surface area is 168 Å². The van der Waals surface area contributed by atoms with Gasteiger partial charge in [0.25, 0.3) is 0 Å². The van der Waals surface area contributed by atoms with Crippen molar-refractivity contribution in [1.29, 1.82) is 0 Å². The lowest BCUT2D eigenvalue weighted by molar-refractivity contribution is -0.120. The van der Waals surface area contributed by atoms with Crippen LogP contribution in [-0.4, -0.2) is 36.7 Å². The molecule has 1 unspecified atom stereocenters. The first kappa shape index (κ1) is 19.0. The second kappa shape index (κ2) is 7.62. The zero-order chi connectivity index (χ0) is 19.7. The third-order valence-corrected chi connectivity index (χ3v) is 7.71. The smallest absolute Gasteiger partial charge is 0.243 e. The molecule has 1 aliphatic rings. The summed E-state index contributed by atoms with van der Waals surface area (Å²) in [4.78, 5) is 17.5. The molecule has 146 valence electrons. The van der Waals surface area contributed by atoms with Crippen molar-refractivity contribution in [1.82, 2.24) is 9.29 Å². The zero-order valence-electron chi connectivity index (χ0n) is 15.5. The number of aromatic nitrogens is 1. The van der Waals surface area contributed by atoms with Crippen LogP contribution < -0.4 is 5.32 Å². The number of fused-ring (bicyclic) bond motifs is 1. The van der Waals surface area contributed by atoms with Crippen LogP contribution in [0.25, 0.3) is 10.2 Å². The number of carbonyl (C=O) groups excluding carboxylic acids is 1. The molecule has 1 atom stereocenters. The molecule has 6 nitrogen and oxygen atoms in total. The number of nitrogens with one attached hydrogen (secondary N) is 1. The van der Waals surface area contributed by atoms with E-state index >= 15 is 0 Å². The van der Waals surface area contributed by atoms with E-state index in [0.717, 1.165) is 15.2 Å². The first-order valence-electron chi connectivity index (χ1n) is 9.17. The van der Waals surface area contributed by atoms with Crippen LogP contribution in [0.4, 0.5) is 5.69 Å². The van der Waals surface area contributed by atoms with E-state index < -0.39 is 10.0 Å². The third-order valence-electron chi connectivity index (χ3n) is 4.90. The number of carbonyl (C=O) groups is 1. The largest absolute Gasteiger partial charge is 0.326 e. The van der Waals surface area contributed by atoms with Gasteiger partial charge in [-0.15, -0.1) is 11.3 Å². The zero-order valence-corrected chi connectivity index (χ0v) is 17.1. The number of thiazole rings is 1. The van der Waals surface area contributed by atoms with Gasteiger partial charge in [-0.2, -0.15) is 4.31 Å². The fourth-order valence-electron chi connectivity index (χ4n) is 3.48. The molecule has 2 heterocycles. The summed E-state index contributed by atoms with van der Waals surface area (Å²) in [6, 6.07) is 14.0. The Morgan fingerprint density at radius 2 is 2.00 bits per heavy atom. The highest BCUT2D eigenvalue weighted by Gasteiger charge is 2.33. The Hall–Kier alpha value is -2.29. The minimum absolute atomic E-state index is 0.145. The average molecular weight is 416 g/mol. The number of anilines is 1. The van der Waals surface area contributed by atoms with Crippen LogP contribution in [0.1, 0.15) is 17.8 Å². The van der Waals surface area contributed by atoms with Crippen molar-refractivity contribution in [3.8, 4) is 0 Å². The predicted octanol–water partition coefficient (Wildman–Crippen LogP) is 3.64. The molecular formula is C20H21N3O3S2. The van der Waals surface area contributed by atoms with E-state index in [9.17, 15) is 13.2 Å². The van der Waals surface area contributed by atoms with Gasteiger partial charge in [0.15, 0.2) is 0 Å². The van der Waals surface area contributed by atoms with Gasteiger partial charge in [0.1, 0.15) is 0 Å². The fraction of sp³-hybridized carbons (Fsp3) is 0.300. The van der Waals surface area contributed by atoms with Gasteiger partial charge in [-0.1, -0.05) is 18.2 Å². The monoisotopic (exact) mass is 415 g/mol. The van der Waals surface area contributed by atoms with E-state index in [-0.39, 0.29) is 23.3 Å². The average Bonchev–Trinajstić information content (AvgIpc) is 3.08. The van der Waals surface area contributed by atoms with Crippen molar-refractivity contribution in [3.63, 3.8) is 0 Å². The van der Waals surface area contributed by atoms with Crippen LogP contribution in [0.3, 0.4) is 0 Å². The molecule has 0 spiro atoms. The number of benzene rings is 2. The van der Waals surface area contributed by atoms with Crippen LogP contribution in [0.2, 0.25) is 0 Å². The van der Waals surface area contributed by atoms with E-state index in [1.807, 2.05) is 25.1 Å². The number of hydrogen-bond acceptors (Lipinski definition) is 5. The van der Waals surface area contributed by atoms with Crippen LogP contribution in [-0.2, 0) is 14.8 Å². The molecule has 4 rings (SSSR count). The Morgan fingerprint density at radius 1 is 1.21 bits per heavy atom. The molecule has 0 saturated carbocycles. The number of hydrogen-bond donors (Lipinski definition) is 1. The maximum Gasteiger partial charge on any atom is 0.243 e. The molecule has 1 amide bonds. The quantitative estimate of drug-likeness (QED) is 0.705. The van der Waals surface area contributed by atoms with Gasteiger partial charge in [-0.05, 0) is 50.1 Å². The van der Waals surface area contributed by atoms with Crippen molar-refractivity contribution < 1.29 is 13.2 Å². The van der Waals surface area contributed by atoms with E-state index in [1.54, 1.807) is 41.7 Å². The first-order valence-corrected chi connectivity index (χ1v) is 11.4. The lowest BCUT2D eigenvalue weighted by Gasteiger charge is -2.31. The second-order valence-electron chi connectivity index (χ2n) is 6.92. The number of aryl methyl sites for hydroxylation is 1. The van der Waals surface area contributed by atoms with Crippen LogP contribution in [0.15, 0.2) is 53.4 Å². The summed E-state index contributed by atoms with van der Waals surface area (Å²) >= 11 is 1.58. The molecule has 1 N–H and O–H groups in total. The summed E-state index contributed by atoms with van der Waals surface area (Å²) in [5.41, 5.74) is 1.63. The van der Waals surface area contributed by atoms with Gasteiger partial charge in [-0.25, -0.2) is 13.4 Å². The Morgan fingerprint density at radius 3 is 2.79 bits per heavy atom. The van der Waals surface area contributed by atoms with E-state index in [1.165, 1.54) is 4.31 Å². The SMILES string of the molecule is Cc1nc2ccc(NC(=O)C3CCCN(S(=O)(=O)c4ccccc4)C3)cc2s1. The molecule has 8 heteroatoms. The highest BCUT2D eigenvalue weighted by atomic mass is 32.2. The first-order chi connectivity index (χ1) is 13.4. The maximum absolute atomic E-state index is 12.9. The second-order valence-corrected chi connectivity index (χ2v) is 10.1. The summed E-state index contributed by atoms with van der Waals surface area (Å²) in [5.74, 6) is -0.514. The Bertz CT molecular complexity index is 1110. The predicted molar refractivity (Wildman–Crippen MR) is 111 cm³/mol. The summed E-state index contributed by atoms with van der Waals surface area (Å²) in [6.07, 6.45) is 1.34. The van der Waals surface area contributed by atoms with Crippen molar-refractivity contribution in [2.75, 3.05) is 18.4 Å². The van der Waals surface area contributed by atoms with Gasteiger partial charge in [-0.3, -0.25) is 4.79 Å². The van der Waals surface area contributed by atoms with Gasteiger partial charge in [0.2, 0.25) is 15.9 Å². The van der Waals surface area contributed by atoms with Gasteiger partial charge >= 0.3 is 0 Å². The molecule has 0 aliphatic carbocycles. The van der Waals surface area contributed by atoms with E-state index in [2.05, 4.69) is 10.3 Å². The Balaban J connectivity index is 1.48. The number of amides is 1. The molecule has 28 heavy (non-hydrogen) atoms. The number of sulfonamides is 1. The minimum Gasteiger partial charge on any atom is -0.326 e. The highest BCUT2D eigenvalue weighted by Crippen LogP contribution is 2.27. The van der Waals surface area contributed by atoms with Gasteiger partial charge in [0, 0.05) is 18.8 Å². The summed E-state index contributed by atoms with van der Waals surface area (Å²) in [5, 5.41) is 3.92. The summed E-state index contributed by atoms with van der Waals surface area (Å²) < 4.78 is 28.1. The third kappa shape index (κ3) is 3.80. The minimum atomic E-state index is -3.58. The van der Waals surface area contributed by atoms with Gasteiger partial charge < -0.3 is 5.32 Å². The van der Waals surface area contributed by atoms with Crippen molar-refractivity contribution in [3.05, 3.63) is 53.5 Å². The van der Waals surface area contributed by atoms with Crippen LogP contribution in [0, 0.1) is 12.8 Å². The van der Waals surface area contributed by atoms with Crippen LogP contribution >= 0.6 is 11.3 Å². The number of nitrogens with zero attached hydrogens (tertiary/aromatic N) is 2. The van der Waals surface area contributed by atoms with Crippen molar-refractivity contribution >= 4 is 43.2 Å². The number of piperidine rings is 1. The molecule has 0 radical (unpaired) electrons. The highest BCUT2D eigenvalue weighted by molar-refractivity contribution is 7.89. The summed E-state index contributed by atoms with van der Waals surface area (Å²) in [7, 11) is -3.58. The maximum atomic E-state index is 12.9. The van der Waals surface area contributed by atoms with Crippen LogP contribution in [0.5, 0.6) is 0 Å². The molecule has 3 aromatic rings. The Kier molecular flexibility index (Phi) is 5.18. The molecule has 1 aromatic heterocycles. The molecule has 1 aliphatic heterocycles. The fourth-order valence-corrected chi connectivity index (χ4v) is 5.89. The molecule has 1 fully saturated rings. The lowest BCUT2D eigenvalue weighted by atomic mass is 9.98. The molecular weight excluding hydrogens is 394 g/mol. The molecule has 2 aromatic carbocycles. The molecule has 0 bridgehead atoms.